The lowest BCUT2D eigenvalue weighted by Gasteiger charge is -2.37. The van der Waals surface area contributed by atoms with Crippen LogP contribution in [0.4, 0.5) is 0 Å². The highest BCUT2D eigenvalue weighted by atomic mass is 35.5. The van der Waals surface area contributed by atoms with E-state index in [1.165, 1.54) is 4.31 Å². The number of sulfonamides is 1. The van der Waals surface area contributed by atoms with E-state index >= 15 is 0 Å². The molecule has 3 rings (SSSR count). The number of rotatable bonds is 3. The zero-order chi connectivity index (χ0) is 18.2. The Morgan fingerprint density at radius 3 is 2.38 bits per heavy atom. The van der Waals surface area contributed by atoms with Crippen molar-refractivity contribution in [3.05, 3.63) is 11.5 Å². The average Bonchev–Trinajstić information content (AvgIpc) is 2.93. The Morgan fingerprint density at radius 1 is 1.19 bits per heavy atom. The van der Waals surface area contributed by atoms with Gasteiger partial charge in [-0.15, -0.1) is 12.4 Å². The molecule has 2 heterocycles. The van der Waals surface area contributed by atoms with E-state index in [-0.39, 0.29) is 48.3 Å². The molecule has 2 unspecified atom stereocenters. The van der Waals surface area contributed by atoms with Gasteiger partial charge < -0.3 is 15.2 Å². The van der Waals surface area contributed by atoms with Gasteiger partial charge in [-0.3, -0.25) is 4.79 Å². The molecular formula is C16H27ClN4O4S. The van der Waals surface area contributed by atoms with Crippen molar-refractivity contribution in [1.82, 2.24) is 14.4 Å². The summed E-state index contributed by atoms with van der Waals surface area (Å²) in [6.07, 6.45) is 3.58. The maximum atomic E-state index is 12.8. The highest BCUT2D eigenvalue weighted by molar-refractivity contribution is 7.89. The topological polar surface area (TPSA) is 110 Å². The maximum Gasteiger partial charge on any atom is 0.248 e. The van der Waals surface area contributed by atoms with Crippen LogP contribution in [0, 0.1) is 19.8 Å². The molecule has 1 aromatic heterocycles. The monoisotopic (exact) mass is 406 g/mol. The third kappa shape index (κ3) is 4.05. The molecule has 1 amide bonds. The van der Waals surface area contributed by atoms with Crippen molar-refractivity contribution < 1.29 is 17.7 Å². The summed E-state index contributed by atoms with van der Waals surface area (Å²) in [5.74, 6) is 0.395. The van der Waals surface area contributed by atoms with E-state index in [4.69, 9.17) is 10.3 Å². The van der Waals surface area contributed by atoms with E-state index in [9.17, 15) is 13.2 Å². The molecule has 0 aromatic carbocycles. The fraction of sp³-hybridized carbons (Fsp3) is 0.750. The quantitative estimate of drug-likeness (QED) is 0.803. The number of carbonyl (C=O) groups excluding carboxylic acids is 1. The summed E-state index contributed by atoms with van der Waals surface area (Å²) in [7, 11) is -3.64. The fourth-order valence-electron chi connectivity index (χ4n) is 3.83. The SMILES string of the molecule is Cc1noc(C)c1S(=O)(=O)N1CCN(C(=O)C2CCCC(N)C2)CC1.Cl. The van der Waals surface area contributed by atoms with Gasteiger partial charge in [-0.05, 0) is 33.1 Å². The first-order valence-corrected chi connectivity index (χ1v) is 10.2. The fourth-order valence-corrected chi connectivity index (χ4v) is 5.54. The summed E-state index contributed by atoms with van der Waals surface area (Å²) in [5, 5.41) is 3.73. The molecule has 2 N–H and O–H groups in total. The number of hydrogen-bond acceptors (Lipinski definition) is 6. The van der Waals surface area contributed by atoms with Gasteiger partial charge in [-0.2, -0.15) is 4.31 Å². The highest BCUT2D eigenvalue weighted by Gasteiger charge is 2.36. The number of nitrogens with zero attached hydrogens (tertiary/aromatic N) is 3. The van der Waals surface area contributed by atoms with Gasteiger partial charge >= 0.3 is 0 Å². The van der Waals surface area contributed by atoms with Gasteiger partial charge in [0.15, 0.2) is 5.76 Å². The maximum absolute atomic E-state index is 12.8. The minimum absolute atomic E-state index is 0. The molecule has 1 saturated heterocycles. The molecule has 8 nitrogen and oxygen atoms in total. The van der Waals surface area contributed by atoms with Crippen LogP contribution in [0.15, 0.2) is 9.42 Å². The molecule has 2 atom stereocenters. The molecule has 1 aliphatic heterocycles. The second-order valence-corrected chi connectivity index (χ2v) is 8.88. The number of piperazine rings is 1. The van der Waals surface area contributed by atoms with E-state index in [0.717, 1.165) is 25.7 Å². The van der Waals surface area contributed by atoms with Crippen LogP contribution in [0.3, 0.4) is 0 Å². The lowest BCUT2D eigenvalue weighted by molar-refractivity contribution is -0.137. The lowest BCUT2D eigenvalue weighted by Crippen LogP contribution is -2.52. The van der Waals surface area contributed by atoms with Gasteiger partial charge in [-0.25, -0.2) is 8.42 Å². The minimum atomic E-state index is -3.64. The summed E-state index contributed by atoms with van der Waals surface area (Å²) in [6.45, 7) is 4.61. The van der Waals surface area contributed by atoms with Crippen LogP contribution in [-0.4, -0.2) is 60.9 Å². The van der Waals surface area contributed by atoms with Crippen LogP contribution in [0.2, 0.25) is 0 Å². The molecule has 26 heavy (non-hydrogen) atoms. The standard InChI is InChI=1S/C16H26N4O4S.ClH/c1-11-15(12(2)24-18-11)25(22,23)20-8-6-19(7-9-20)16(21)13-4-3-5-14(17)10-13;/h13-14H,3-10,17H2,1-2H3;1H. The summed E-state index contributed by atoms with van der Waals surface area (Å²) < 4.78 is 32.0. The van der Waals surface area contributed by atoms with Crippen molar-refractivity contribution in [2.75, 3.05) is 26.2 Å². The molecule has 2 aliphatic rings. The van der Waals surface area contributed by atoms with Gasteiger partial charge in [0.2, 0.25) is 15.9 Å². The Labute approximate surface area is 160 Å². The Morgan fingerprint density at radius 2 is 1.85 bits per heavy atom. The summed E-state index contributed by atoms with van der Waals surface area (Å²) in [4.78, 5) is 14.6. The average molecular weight is 407 g/mol. The predicted octanol–water partition coefficient (Wildman–Crippen LogP) is 1.06. The van der Waals surface area contributed by atoms with Gasteiger partial charge in [0.25, 0.3) is 0 Å². The predicted molar refractivity (Wildman–Crippen MR) is 98.5 cm³/mol. The van der Waals surface area contributed by atoms with E-state index in [0.29, 0.717) is 24.5 Å². The van der Waals surface area contributed by atoms with E-state index in [1.54, 1.807) is 18.7 Å². The molecule has 0 bridgehead atoms. The van der Waals surface area contributed by atoms with Crippen LogP contribution in [0.25, 0.3) is 0 Å². The number of halogens is 1. The second-order valence-electron chi connectivity index (χ2n) is 7.01. The summed E-state index contributed by atoms with van der Waals surface area (Å²) >= 11 is 0. The lowest BCUT2D eigenvalue weighted by atomic mass is 9.85. The largest absolute Gasteiger partial charge is 0.360 e. The minimum Gasteiger partial charge on any atom is -0.360 e. The Hall–Kier alpha value is -1.16. The van der Waals surface area contributed by atoms with Crippen LogP contribution >= 0.6 is 12.4 Å². The zero-order valence-corrected chi connectivity index (χ0v) is 16.8. The van der Waals surface area contributed by atoms with E-state index in [1.807, 2.05) is 0 Å². The molecule has 1 saturated carbocycles. The van der Waals surface area contributed by atoms with Crippen molar-refractivity contribution >= 4 is 28.3 Å². The normalized spacial score (nSPS) is 25.0. The van der Waals surface area contributed by atoms with Crippen molar-refractivity contribution in [3.8, 4) is 0 Å². The number of carbonyl (C=O) groups is 1. The molecule has 0 spiro atoms. The highest BCUT2D eigenvalue weighted by Crippen LogP contribution is 2.27. The summed E-state index contributed by atoms with van der Waals surface area (Å²) in [5.41, 5.74) is 6.35. The van der Waals surface area contributed by atoms with E-state index < -0.39 is 10.0 Å². The van der Waals surface area contributed by atoms with Crippen molar-refractivity contribution in [2.45, 2.75) is 50.5 Å². The third-order valence-corrected chi connectivity index (χ3v) is 7.32. The van der Waals surface area contributed by atoms with Crippen LogP contribution in [0.5, 0.6) is 0 Å². The summed E-state index contributed by atoms with van der Waals surface area (Å²) in [6, 6.07) is 0.101. The first-order valence-electron chi connectivity index (χ1n) is 8.78. The Kier molecular flexibility index (Phi) is 6.70. The molecular weight excluding hydrogens is 380 g/mol. The molecule has 1 aliphatic carbocycles. The van der Waals surface area contributed by atoms with Gasteiger partial charge in [0.1, 0.15) is 10.6 Å². The van der Waals surface area contributed by atoms with Gasteiger partial charge in [-0.1, -0.05) is 11.6 Å². The first-order chi connectivity index (χ1) is 11.8. The number of aromatic nitrogens is 1. The number of aryl methyl sites for hydroxylation is 2. The second kappa shape index (κ2) is 8.24. The first kappa shape index (κ1) is 21.1. The number of amides is 1. The zero-order valence-electron chi connectivity index (χ0n) is 15.2. The Balaban J connectivity index is 0.00000243. The third-order valence-electron chi connectivity index (χ3n) is 5.18. The smallest absolute Gasteiger partial charge is 0.248 e. The van der Waals surface area contributed by atoms with E-state index in [2.05, 4.69) is 5.16 Å². The number of hydrogen-bond donors (Lipinski definition) is 1. The van der Waals surface area contributed by atoms with Crippen LogP contribution in [0.1, 0.15) is 37.1 Å². The van der Waals surface area contributed by atoms with Gasteiger partial charge in [0, 0.05) is 38.1 Å². The Bertz CT molecular complexity index is 724. The molecule has 0 radical (unpaired) electrons. The van der Waals surface area contributed by atoms with Crippen molar-refractivity contribution in [1.29, 1.82) is 0 Å². The molecule has 2 fully saturated rings. The van der Waals surface area contributed by atoms with Crippen molar-refractivity contribution in [3.63, 3.8) is 0 Å². The van der Waals surface area contributed by atoms with Gasteiger partial charge in [0.05, 0.1) is 0 Å². The van der Waals surface area contributed by atoms with Crippen LogP contribution in [-0.2, 0) is 14.8 Å². The number of nitrogens with two attached hydrogens (primary N) is 1. The molecule has 10 heteroatoms. The van der Waals surface area contributed by atoms with Crippen LogP contribution < -0.4 is 5.73 Å². The molecule has 148 valence electrons. The van der Waals surface area contributed by atoms with Crippen molar-refractivity contribution in [2.24, 2.45) is 11.7 Å². The molecule has 1 aromatic rings.